The van der Waals surface area contributed by atoms with E-state index in [2.05, 4.69) is 0 Å². The Morgan fingerprint density at radius 2 is 1.80 bits per heavy atom. The topological polar surface area (TPSA) is 40.1 Å². The van der Waals surface area contributed by atoms with Crippen LogP contribution in [0, 0.1) is 0 Å². The molecule has 0 rings (SSSR count). The summed E-state index contributed by atoms with van der Waals surface area (Å²) in [6.07, 6.45) is 0. The zero-order valence-corrected chi connectivity index (χ0v) is 3.77. The quantitative estimate of drug-likeness (QED) is 0.370. The number of carboxylic acid groups (broad SMARTS) is 1. The number of hydrogen-bond donors (Lipinski definition) is 0. The molecule has 0 radical (unpaired) electrons. The van der Waals surface area contributed by atoms with E-state index in [4.69, 9.17) is 9.90 Å². The van der Waals surface area contributed by atoms with Gasteiger partial charge in [-0.15, -0.1) is 0 Å². The summed E-state index contributed by atoms with van der Waals surface area (Å²) < 4.78 is 0. The Kier molecular flexibility index (Phi) is 7.09. The summed E-state index contributed by atoms with van der Waals surface area (Å²) in [4.78, 5) is 8.89. The number of aliphatic carboxylic acids is 1. The third-order valence-electron chi connectivity index (χ3n) is 0. The normalized spacial score (nSPS) is 5.00. The molecule has 3 heteroatoms. The van der Waals surface area contributed by atoms with Crippen LogP contribution in [0.1, 0.15) is 6.92 Å². The maximum atomic E-state index is 8.89. The fraction of sp³-hybridized carbons (Fsp3) is 0.500. The molecule has 0 spiro atoms. The van der Waals surface area contributed by atoms with Crippen LogP contribution in [-0.4, -0.2) is 5.97 Å². The van der Waals surface area contributed by atoms with E-state index in [0.29, 0.717) is 0 Å². The van der Waals surface area contributed by atoms with Crippen molar-refractivity contribution in [3.05, 3.63) is 0 Å². The molecule has 0 atom stereocenters. The van der Waals surface area contributed by atoms with Crippen LogP contribution in [0.3, 0.4) is 0 Å². The van der Waals surface area contributed by atoms with Crippen LogP contribution in [0.4, 0.5) is 0 Å². The van der Waals surface area contributed by atoms with Crippen LogP contribution < -0.4 is 5.11 Å². The van der Waals surface area contributed by atoms with Gasteiger partial charge in [0.2, 0.25) is 0 Å². The van der Waals surface area contributed by atoms with Gasteiger partial charge >= 0.3 is 0 Å². The van der Waals surface area contributed by atoms with E-state index in [-0.39, 0.29) is 17.1 Å². The van der Waals surface area contributed by atoms with Gasteiger partial charge in [-0.2, -0.15) is 0 Å². The summed E-state index contributed by atoms with van der Waals surface area (Å²) in [5.41, 5.74) is 0. The van der Waals surface area contributed by atoms with Gasteiger partial charge in [0.05, 0.1) is 0 Å². The van der Waals surface area contributed by atoms with Crippen molar-refractivity contribution in [3.8, 4) is 0 Å². The van der Waals surface area contributed by atoms with Crippen molar-refractivity contribution in [2.45, 2.75) is 6.92 Å². The summed E-state index contributed by atoms with van der Waals surface area (Å²) in [5.74, 6) is -1.08. The van der Waals surface area contributed by atoms with E-state index >= 15 is 0 Å². The number of hydrogen-bond acceptors (Lipinski definition) is 2. The smallest absolute Gasteiger partial charge is 0.0383 e. The predicted molar refractivity (Wildman–Crippen MR) is 10.7 cm³/mol. The molecular weight excluding hydrogens is 112 g/mol. The van der Waals surface area contributed by atoms with Gasteiger partial charge in [-0.1, -0.05) is 0 Å². The van der Waals surface area contributed by atoms with Crippen molar-refractivity contribution in [1.29, 1.82) is 0 Å². The standard InChI is InChI=1S/C2H4O2.Fe/c1-2(3)4;/h1H3,(H,3,4);/p-1. The number of carbonyl (C=O) groups excluding carboxylic acids is 1. The second-order valence-electron chi connectivity index (χ2n) is 0.492. The molecule has 0 heterocycles. The largest absolute Gasteiger partial charge is 0.550 e. The molecule has 0 aliphatic rings. The zero-order valence-electron chi connectivity index (χ0n) is 2.67. The Morgan fingerprint density at radius 3 is 1.80 bits per heavy atom. The minimum absolute atomic E-state index is 0. The Balaban J connectivity index is 0. The average molecular weight is 115 g/mol. The molecule has 0 saturated carbocycles. The second-order valence-corrected chi connectivity index (χ2v) is 0.492. The third kappa shape index (κ3) is 143000. The maximum Gasteiger partial charge on any atom is 0.0383 e. The second kappa shape index (κ2) is 3.99. The van der Waals surface area contributed by atoms with E-state index in [1.165, 1.54) is 0 Å². The minimum atomic E-state index is -1.08. The first kappa shape index (κ1) is 8.89. The van der Waals surface area contributed by atoms with Crippen molar-refractivity contribution < 1.29 is 27.0 Å². The molecule has 0 aliphatic carbocycles. The Labute approximate surface area is 40.7 Å². The molecule has 0 aromatic rings. The van der Waals surface area contributed by atoms with Crippen LogP contribution in [0.2, 0.25) is 0 Å². The van der Waals surface area contributed by atoms with Crippen molar-refractivity contribution in [2.75, 3.05) is 0 Å². The van der Waals surface area contributed by atoms with Crippen molar-refractivity contribution >= 4 is 5.97 Å². The van der Waals surface area contributed by atoms with Crippen molar-refractivity contribution in [3.63, 3.8) is 0 Å². The van der Waals surface area contributed by atoms with Crippen LogP contribution in [0.25, 0.3) is 0 Å². The summed E-state index contributed by atoms with van der Waals surface area (Å²) in [7, 11) is 0. The zero-order chi connectivity index (χ0) is 3.58. The van der Waals surface area contributed by atoms with Crippen LogP contribution in [0.5, 0.6) is 0 Å². The molecule has 0 fully saturated rings. The minimum Gasteiger partial charge on any atom is -0.550 e. The van der Waals surface area contributed by atoms with Crippen molar-refractivity contribution in [1.82, 2.24) is 0 Å². The first-order chi connectivity index (χ1) is 1.73. The first-order valence-corrected chi connectivity index (χ1v) is 0.908. The molecule has 0 aliphatic heterocycles. The molecule has 2 nitrogen and oxygen atoms in total. The van der Waals surface area contributed by atoms with Gasteiger partial charge in [-0.25, -0.2) is 0 Å². The van der Waals surface area contributed by atoms with Gasteiger partial charge in [0, 0.05) is 23.0 Å². The van der Waals surface area contributed by atoms with Gasteiger partial charge in [-0.05, 0) is 6.92 Å². The van der Waals surface area contributed by atoms with Crippen LogP contribution >= 0.6 is 0 Å². The van der Waals surface area contributed by atoms with E-state index < -0.39 is 5.97 Å². The first-order valence-electron chi connectivity index (χ1n) is 0.908. The Hall–Kier alpha value is -0.0105. The number of rotatable bonds is 0. The SMILES string of the molecule is CC(=O)[O-].[Fe]. The van der Waals surface area contributed by atoms with Gasteiger partial charge in [0.25, 0.3) is 0 Å². The molecule has 0 aromatic carbocycles. The Bertz CT molecular complexity index is 30.6. The molecule has 0 unspecified atom stereocenters. The van der Waals surface area contributed by atoms with Gasteiger partial charge in [0.15, 0.2) is 0 Å². The Morgan fingerprint density at radius 1 is 1.80 bits per heavy atom. The number of carbonyl (C=O) groups is 1. The number of carboxylic acids is 1. The van der Waals surface area contributed by atoms with E-state index in [0.717, 1.165) is 6.92 Å². The van der Waals surface area contributed by atoms with E-state index in [1.807, 2.05) is 0 Å². The maximum absolute atomic E-state index is 8.89. The van der Waals surface area contributed by atoms with E-state index in [9.17, 15) is 0 Å². The summed E-state index contributed by atoms with van der Waals surface area (Å²) in [5, 5.41) is 8.89. The molecule has 0 saturated heterocycles. The summed E-state index contributed by atoms with van der Waals surface area (Å²) in [6.45, 7) is 0.972. The third-order valence-corrected chi connectivity index (χ3v) is 0. The molecule has 0 bridgehead atoms. The summed E-state index contributed by atoms with van der Waals surface area (Å²) in [6, 6.07) is 0. The van der Waals surface area contributed by atoms with Gasteiger partial charge in [-0.3, -0.25) is 0 Å². The molecular formula is C2H3FeO2-. The van der Waals surface area contributed by atoms with Crippen molar-refractivity contribution in [2.24, 2.45) is 0 Å². The fourth-order valence-corrected chi connectivity index (χ4v) is 0. The molecule has 0 amide bonds. The van der Waals surface area contributed by atoms with Crippen LogP contribution in [0.15, 0.2) is 0 Å². The fourth-order valence-electron chi connectivity index (χ4n) is 0. The molecule has 0 N–H and O–H groups in total. The molecule has 5 heavy (non-hydrogen) atoms. The summed E-state index contributed by atoms with van der Waals surface area (Å²) >= 11 is 0. The average Bonchev–Trinajstić information content (AvgIpc) is 0.811. The monoisotopic (exact) mass is 115 g/mol. The molecule has 32 valence electrons. The van der Waals surface area contributed by atoms with E-state index in [1.54, 1.807) is 0 Å². The van der Waals surface area contributed by atoms with Gasteiger partial charge in [0.1, 0.15) is 0 Å². The molecule has 0 aromatic heterocycles. The van der Waals surface area contributed by atoms with Gasteiger partial charge < -0.3 is 9.90 Å². The predicted octanol–water partition coefficient (Wildman–Crippen LogP) is -1.25. The van der Waals surface area contributed by atoms with Crippen LogP contribution in [-0.2, 0) is 21.9 Å².